The molecule has 6 heteroatoms. The van der Waals surface area contributed by atoms with Gasteiger partial charge in [-0.3, -0.25) is 5.10 Å². The Labute approximate surface area is 83.0 Å². The van der Waals surface area contributed by atoms with Crippen LogP contribution in [0.15, 0.2) is 11.3 Å². The van der Waals surface area contributed by atoms with Crippen molar-refractivity contribution in [1.82, 2.24) is 20.5 Å². The number of nitrogens with one attached hydrogen (secondary N) is 2. The summed E-state index contributed by atoms with van der Waals surface area (Å²) in [5, 5.41) is 9.49. The molecule has 0 amide bonds. The Morgan fingerprint density at radius 1 is 1.57 bits per heavy atom. The van der Waals surface area contributed by atoms with E-state index < -0.39 is 0 Å². The van der Waals surface area contributed by atoms with E-state index in [0.717, 1.165) is 0 Å². The van der Waals surface area contributed by atoms with Crippen molar-refractivity contribution >= 4 is 5.96 Å². The van der Waals surface area contributed by atoms with Gasteiger partial charge in [-0.05, 0) is 20.8 Å². The van der Waals surface area contributed by atoms with Gasteiger partial charge >= 0.3 is 0 Å². The molecule has 0 radical (unpaired) electrons. The van der Waals surface area contributed by atoms with Crippen molar-refractivity contribution in [2.45, 2.75) is 32.9 Å². The van der Waals surface area contributed by atoms with E-state index in [1.54, 1.807) is 0 Å². The highest BCUT2D eigenvalue weighted by atomic mass is 15.2. The summed E-state index contributed by atoms with van der Waals surface area (Å²) in [6, 6.07) is 0.171. The molecular formula is C8H16N6. The monoisotopic (exact) mass is 196 g/mol. The van der Waals surface area contributed by atoms with Crippen LogP contribution in [-0.2, 0) is 0 Å². The summed E-state index contributed by atoms with van der Waals surface area (Å²) < 4.78 is 0. The van der Waals surface area contributed by atoms with Crippen LogP contribution in [-0.4, -0.2) is 27.2 Å². The molecule has 1 aromatic heterocycles. The Morgan fingerprint density at radius 2 is 2.29 bits per heavy atom. The van der Waals surface area contributed by atoms with Crippen LogP contribution in [0.1, 0.15) is 32.6 Å². The zero-order chi connectivity index (χ0) is 10.6. The van der Waals surface area contributed by atoms with Gasteiger partial charge in [0, 0.05) is 6.04 Å². The summed E-state index contributed by atoms with van der Waals surface area (Å²) in [6.45, 7) is 5.90. The third kappa shape index (κ3) is 3.04. The third-order valence-corrected chi connectivity index (χ3v) is 1.60. The topological polar surface area (TPSA) is 92.0 Å². The number of aromatic nitrogens is 3. The highest BCUT2D eigenvalue weighted by Gasteiger charge is 2.07. The maximum atomic E-state index is 5.66. The van der Waals surface area contributed by atoms with Gasteiger partial charge in [-0.2, -0.15) is 5.10 Å². The number of guanidine groups is 1. The minimum Gasteiger partial charge on any atom is -0.370 e. The summed E-state index contributed by atoms with van der Waals surface area (Å²) >= 11 is 0. The largest absolute Gasteiger partial charge is 0.370 e. The molecule has 1 unspecified atom stereocenters. The van der Waals surface area contributed by atoms with Gasteiger partial charge in [0.25, 0.3) is 0 Å². The van der Waals surface area contributed by atoms with Gasteiger partial charge in [0.15, 0.2) is 5.96 Å². The van der Waals surface area contributed by atoms with Crippen molar-refractivity contribution in [2.75, 3.05) is 0 Å². The van der Waals surface area contributed by atoms with Crippen LogP contribution in [0, 0.1) is 0 Å². The third-order valence-electron chi connectivity index (χ3n) is 1.60. The van der Waals surface area contributed by atoms with E-state index in [1.165, 1.54) is 6.33 Å². The molecule has 4 N–H and O–H groups in total. The summed E-state index contributed by atoms with van der Waals surface area (Å²) in [5.74, 6) is 1.13. The van der Waals surface area contributed by atoms with E-state index in [-0.39, 0.29) is 12.1 Å². The molecule has 0 spiro atoms. The first kappa shape index (κ1) is 10.5. The first-order chi connectivity index (χ1) is 6.59. The second kappa shape index (κ2) is 4.59. The van der Waals surface area contributed by atoms with Crippen LogP contribution in [0.25, 0.3) is 0 Å². The Kier molecular flexibility index (Phi) is 3.44. The SMILES string of the molecule is CC(C)NC(N)=NC(C)c1ncn[nH]1. The van der Waals surface area contributed by atoms with Gasteiger partial charge in [-0.25, -0.2) is 9.98 Å². The number of hydrogen-bond donors (Lipinski definition) is 3. The van der Waals surface area contributed by atoms with Crippen molar-refractivity contribution in [2.24, 2.45) is 10.7 Å². The van der Waals surface area contributed by atoms with Crippen LogP contribution in [0.3, 0.4) is 0 Å². The second-order valence-corrected chi connectivity index (χ2v) is 3.36. The quantitative estimate of drug-likeness (QED) is 0.475. The summed E-state index contributed by atoms with van der Waals surface area (Å²) in [4.78, 5) is 8.20. The maximum absolute atomic E-state index is 5.66. The van der Waals surface area contributed by atoms with Gasteiger partial charge in [0.05, 0.1) is 0 Å². The highest BCUT2D eigenvalue weighted by Crippen LogP contribution is 2.08. The van der Waals surface area contributed by atoms with Gasteiger partial charge in [-0.1, -0.05) is 0 Å². The number of nitrogens with zero attached hydrogens (tertiary/aromatic N) is 3. The molecule has 78 valence electrons. The second-order valence-electron chi connectivity index (χ2n) is 3.36. The maximum Gasteiger partial charge on any atom is 0.189 e. The molecule has 1 aromatic rings. The Bertz CT molecular complexity index is 289. The molecule has 1 rings (SSSR count). The standard InChI is InChI=1S/C8H16N6/c1-5(2)12-8(9)13-6(3)7-10-4-11-14-7/h4-6H,1-3H3,(H3,9,12,13)(H,10,11,14). The first-order valence-corrected chi connectivity index (χ1v) is 4.54. The Balaban J connectivity index is 2.58. The van der Waals surface area contributed by atoms with Crippen molar-refractivity contribution in [3.63, 3.8) is 0 Å². The number of hydrogen-bond acceptors (Lipinski definition) is 3. The van der Waals surface area contributed by atoms with Gasteiger partial charge in [0.2, 0.25) is 0 Å². The number of rotatable bonds is 3. The molecule has 0 bridgehead atoms. The minimum absolute atomic E-state index is 0.108. The lowest BCUT2D eigenvalue weighted by atomic mass is 10.3. The molecular weight excluding hydrogens is 180 g/mol. The molecule has 6 nitrogen and oxygen atoms in total. The van der Waals surface area contributed by atoms with E-state index in [9.17, 15) is 0 Å². The normalized spacial score (nSPS) is 14.4. The molecule has 14 heavy (non-hydrogen) atoms. The lowest BCUT2D eigenvalue weighted by Gasteiger charge is -2.10. The predicted molar refractivity (Wildman–Crippen MR) is 54.7 cm³/mol. The van der Waals surface area contributed by atoms with Crippen LogP contribution >= 0.6 is 0 Å². The number of aliphatic imine (C=N–C) groups is 1. The minimum atomic E-state index is -0.108. The average molecular weight is 196 g/mol. The fraction of sp³-hybridized carbons (Fsp3) is 0.625. The molecule has 0 aromatic carbocycles. The van der Waals surface area contributed by atoms with Gasteiger partial charge in [-0.15, -0.1) is 0 Å². The van der Waals surface area contributed by atoms with E-state index in [1.807, 2.05) is 20.8 Å². The Hall–Kier alpha value is -1.59. The molecule has 0 aliphatic carbocycles. The zero-order valence-electron chi connectivity index (χ0n) is 8.65. The average Bonchev–Trinajstić information content (AvgIpc) is 2.53. The van der Waals surface area contributed by atoms with Crippen molar-refractivity contribution in [1.29, 1.82) is 0 Å². The number of H-pyrrole nitrogens is 1. The predicted octanol–water partition coefficient (Wildman–Crippen LogP) is 0.178. The van der Waals surface area contributed by atoms with Crippen LogP contribution in [0.4, 0.5) is 0 Å². The summed E-state index contributed by atoms with van der Waals surface area (Å²) in [6.07, 6.45) is 1.45. The van der Waals surface area contributed by atoms with Crippen molar-refractivity contribution < 1.29 is 0 Å². The van der Waals surface area contributed by atoms with E-state index in [0.29, 0.717) is 11.8 Å². The molecule has 1 heterocycles. The van der Waals surface area contributed by atoms with Crippen LogP contribution < -0.4 is 11.1 Å². The number of aromatic amines is 1. The molecule has 0 aliphatic heterocycles. The highest BCUT2D eigenvalue weighted by molar-refractivity contribution is 5.78. The van der Waals surface area contributed by atoms with Crippen molar-refractivity contribution in [3.05, 3.63) is 12.2 Å². The molecule has 0 fully saturated rings. The summed E-state index contributed by atoms with van der Waals surface area (Å²) in [7, 11) is 0. The van der Waals surface area contributed by atoms with Crippen LogP contribution in [0.5, 0.6) is 0 Å². The molecule has 0 saturated carbocycles. The van der Waals surface area contributed by atoms with E-state index >= 15 is 0 Å². The van der Waals surface area contributed by atoms with E-state index in [4.69, 9.17) is 5.73 Å². The smallest absolute Gasteiger partial charge is 0.189 e. The molecule has 1 atom stereocenters. The first-order valence-electron chi connectivity index (χ1n) is 4.54. The van der Waals surface area contributed by atoms with E-state index in [2.05, 4.69) is 25.5 Å². The lowest BCUT2D eigenvalue weighted by molar-refractivity contribution is 0.696. The fourth-order valence-electron chi connectivity index (χ4n) is 1.02. The molecule has 0 saturated heterocycles. The summed E-state index contributed by atoms with van der Waals surface area (Å²) in [5.41, 5.74) is 5.66. The van der Waals surface area contributed by atoms with Gasteiger partial charge < -0.3 is 11.1 Å². The van der Waals surface area contributed by atoms with Gasteiger partial charge in [0.1, 0.15) is 18.2 Å². The number of nitrogens with two attached hydrogens (primary N) is 1. The molecule has 0 aliphatic rings. The fourth-order valence-corrected chi connectivity index (χ4v) is 1.02. The zero-order valence-corrected chi connectivity index (χ0v) is 8.65. The van der Waals surface area contributed by atoms with Crippen molar-refractivity contribution in [3.8, 4) is 0 Å². The Morgan fingerprint density at radius 3 is 2.79 bits per heavy atom. The lowest BCUT2D eigenvalue weighted by Crippen LogP contribution is -2.37. The van der Waals surface area contributed by atoms with Crippen LogP contribution in [0.2, 0.25) is 0 Å².